The van der Waals surface area contributed by atoms with Crippen molar-refractivity contribution in [2.24, 2.45) is 5.92 Å². The summed E-state index contributed by atoms with van der Waals surface area (Å²) in [6.45, 7) is 8.43. The minimum Gasteiger partial charge on any atom is -0.444 e. The molecule has 2 fully saturated rings. The van der Waals surface area contributed by atoms with E-state index in [4.69, 9.17) is 4.74 Å². The number of anilines is 1. The van der Waals surface area contributed by atoms with Crippen molar-refractivity contribution in [3.63, 3.8) is 0 Å². The van der Waals surface area contributed by atoms with Crippen LogP contribution in [0.4, 0.5) is 10.7 Å². The van der Waals surface area contributed by atoms with Gasteiger partial charge < -0.3 is 15.0 Å². The summed E-state index contributed by atoms with van der Waals surface area (Å²) in [6.07, 6.45) is 6.70. The smallest absolute Gasteiger partial charge is 0.410 e. The molecule has 1 atom stereocenters. The summed E-state index contributed by atoms with van der Waals surface area (Å²) >= 11 is 0. The van der Waals surface area contributed by atoms with Gasteiger partial charge in [0.25, 0.3) is 0 Å². The van der Waals surface area contributed by atoms with Crippen LogP contribution in [0.15, 0.2) is 9.59 Å². The Morgan fingerprint density at radius 3 is 2.33 bits per heavy atom. The van der Waals surface area contributed by atoms with Gasteiger partial charge in [0.2, 0.25) is 5.95 Å². The number of amides is 1. The van der Waals surface area contributed by atoms with Crippen molar-refractivity contribution < 1.29 is 9.53 Å². The molecule has 1 aliphatic heterocycles. The predicted molar refractivity (Wildman–Crippen MR) is 115 cm³/mol. The van der Waals surface area contributed by atoms with Crippen LogP contribution in [0.3, 0.4) is 0 Å². The highest BCUT2D eigenvalue weighted by atomic mass is 16.6. The van der Waals surface area contributed by atoms with Crippen molar-refractivity contribution in [1.82, 2.24) is 19.4 Å². The molecule has 1 saturated carbocycles. The number of carbonyl (C=O) groups is 1. The van der Waals surface area contributed by atoms with E-state index in [1.54, 1.807) is 4.90 Å². The van der Waals surface area contributed by atoms with Crippen molar-refractivity contribution in [2.45, 2.75) is 90.3 Å². The van der Waals surface area contributed by atoms with Gasteiger partial charge in [-0.15, -0.1) is 0 Å². The minimum atomic E-state index is -0.552. The number of hydrogen-bond donors (Lipinski definition) is 2. The Morgan fingerprint density at radius 2 is 1.77 bits per heavy atom. The molecule has 9 heteroatoms. The number of nitrogens with one attached hydrogen (secondary N) is 2. The van der Waals surface area contributed by atoms with Gasteiger partial charge in [0.05, 0.1) is 0 Å². The second-order valence-electron chi connectivity index (χ2n) is 9.57. The lowest BCUT2D eigenvalue weighted by atomic mass is 9.85. The second-order valence-corrected chi connectivity index (χ2v) is 9.57. The first-order valence-corrected chi connectivity index (χ1v) is 11.1. The molecule has 0 radical (unpaired) electrons. The van der Waals surface area contributed by atoms with E-state index in [0.29, 0.717) is 31.8 Å². The number of aromatic nitrogens is 3. The Labute approximate surface area is 177 Å². The van der Waals surface area contributed by atoms with Gasteiger partial charge in [0.15, 0.2) is 0 Å². The van der Waals surface area contributed by atoms with Crippen LogP contribution in [0.5, 0.6) is 0 Å². The lowest BCUT2D eigenvalue weighted by Gasteiger charge is -2.33. The Hall–Kier alpha value is -2.32. The van der Waals surface area contributed by atoms with E-state index in [9.17, 15) is 14.4 Å². The SMILES string of the molecule is C[C@H](Nc1nc(=O)n(C2CCN(C(=O)OC(C)(C)C)CC2)c(=O)[nH]1)C1CCCCC1. The third-order valence-corrected chi connectivity index (χ3v) is 6.06. The molecule has 168 valence electrons. The van der Waals surface area contributed by atoms with E-state index in [2.05, 4.69) is 22.2 Å². The van der Waals surface area contributed by atoms with Crippen molar-refractivity contribution in [3.8, 4) is 0 Å². The zero-order valence-corrected chi connectivity index (χ0v) is 18.6. The summed E-state index contributed by atoms with van der Waals surface area (Å²) in [5.41, 5.74) is -1.55. The number of hydrogen-bond acceptors (Lipinski definition) is 6. The zero-order valence-electron chi connectivity index (χ0n) is 18.6. The Kier molecular flexibility index (Phi) is 6.88. The average molecular weight is 422 g/mol. The summed E-state index contributed by atoms with van der Waals surface area (Å²) < 4.78 is 6.58. The van der Waals surface area contributed by atoms with Crippen molar-refractivity contribution in [2.75, 3.05) is 18.4 Å². The van der Waals surface area contributed by atoms with Crippen LogP contribution in [-0.4, -0.2) is 50.3 Å². The highest BCUT2D eigenvalue weighted by Crippen LogP contribution is 2.27. The van der Waals surface area contributed by atoms with Gasteiger partial charge in [-0.05, 0) is 59.3 Å². The topological polar surface area (TPSA) is 109 Å². The quantitative estimate of drug-likeness (QED) is 0.774. The largest absolute Gasteiger partial charge is 0.444 e. The number of H-pyrrole nitrogens is 1. The van der Waals surface area contributed by atoms with Gasteiger partial charge >= 0.3 is 17.5 Å². The monoisotopic (exact) mass is 421 g/mol. The van der Waals surface area contributed by atoms with Gasteiger partial charge in [-0.1, -0.05) is 19.3 Å². The fourth-order valence-electron chi connectivity index (χ4n) is 4.42. The number of carbonyl (C=O) groups excluding carboxylic acids is 1. The number of likely N-dealkylation sites (tertiary alicyclic amines) is 1. The Morgan fingerprint density at radius 1 is 1.13 bits per heavy atom. The molecule has 2 N–H and O–H groups in total. The molecule has 1 aliphatic carbocycles. The van der Waals surface area contributed by atoms with Gasteiger partial charge in [0, 0.05) is 25.2 Å². The standard InChI is InChI=1S/C21H35N5O4/c1-14(15-8-6-5-7-9-15)22-17-23-18(27)26(19(28)24-17)16-10-12-25(13-11-16)20(29)30-21(2,3)4/h14-16H,5-13H2,1-4H3,(H2,22,23,24,27,28)/t14-/m0/s1. The fourth-order valence-corrected chi connectivity index (χ4v) is 4.42. The Bertz CT molecular complexity index is 811. The normalized spacial score (nSPS) is 20.1. The average Bonchev–Trinajstić information content (AvgIpc) is 2.67. The maximum atomic E-state index is 12.6. The van der Waals surface area contributed by atoms with Crippen molar-refractivity contribution >= 4 is 12.0 Å². The van der Waals surface area contributed by atoms with Crippen LogP contribution >= 0.6 is 0 Å². The van der Waals surface area contributed by atoms with E-state index >= 15 is 0 Å². The highest BCUT2D eigenvalue weighted by Gasteiger charge is 2.29. The van der Waals surface area contributed by atoms with Crippen LogP contribution in [0.25, 0.3) is 0 Å². The van der Waals surface area contributed by atoms with Gasteiger partial charge in [-0.25, -0.2) is 19.0 Å². The lowest BCUT2D eigenvalue weighted by molar-refractivity contribution is 0.0186. The number of nitrogens with zero attached hydrogens (tertiary/aromatic N) is 3. The third-order valence-electron chi connectivity index (χ3n) is 6.06. The van der Waals surface area contributed by atoms with Crippen LogP contribution in [0.1, 0.15) is 78.7 Å². The van der Waals surface area contributed by atoms with E-state index < -0.39 is 17.0 Å². The Balaban J connectivity index is 1.63. The molecule has 1 amide bonds. The summed E-state index contributed by atoms with van der Waals surface area (Å²) in [6, 6.07) is -0.127. The maximum Gasteiger partial charge on any atom is 0.410 e. The van der Waals surface area contributed by atoms with Crippen LogP contribution in [-0.2, 0) is 4.74 Å². The van der Waals surface area contributed by atoms with Crippen molar-refractivity contribution in [3.05, 3.63) is 21.0 Å². The van der Waals surface area contributed by atoms with Crippen LogP contribution in [0, 0.1) is 5.92 Å². The van der Waals surface area contributed by atoms with Gasteiger partial charge in [-0.3, -0.25) is 4.98 Å². The third kappa shape index (κ3) is 5.64. The summed E-state index contributed by atoms with van der Waals surface area (Å²) in [4.78, 5) is 45.9. The number of rotatable bonds is 4. The maximum absolute atomic E-state index is 12.6. The number of piperidine rings is 1. The minimum absolute atomic E-state index is 0.153. The van der Waals surface area contributed by atoms with E-state index in [1.807, 2.05) is 20.8 Å². The molecular weight excluding hydrogens is 386 g/mol. The first kappa shape index (κ1) is 22.4. The molecule has 0 unspecified atom stereocenters. The van der Waals surface area contributed by atoms with Crippen molar-refractivity contribution in [1.29, 1.82) is 0 Å². The number of aromatic amines is 1. The van der Waals surface area contributed by atoms with Crippen LogP contribution in [0.2, 0.25) is 0 Å². The van der Waals surface area contributed by atoms with E-state index in [-0.39, 0.29) is 24.1 Å². The van der Waals surface area contributed by atoms with E-state index in [1.165, 1.54) is 23.8 Å². The molecule has 2 heterocycles. The van der Waals surface area contributed by atoms with Gasteiger partial charge in [-0.2, -0.15) is 4.98 Å². The molecule has 0 aromatic carbocycles. The molecule has 0 spiro atoms. The number of ether oxygens (including phenoxy) is 1. The second kappa shape index (κ2) is 9.22. The molecule has 2 aliphatic rings. The first-order chi connectivity index (χ1) is 14.1. The van der Waals surface area contributed by atoms with Crippen LogP contribution < -0.4 is 16.7 Å². The molecule has 1 saturated heterocycles. The zero-order chi connectivity index (χ0) is 21.9. The summed E-state index contributed by atoms with van der Waals surface area (Å²) in [5.74, 6) is 0.772. The first-order valence-electron chi connectivity index (χ1n) is 11.1. The molecule has 9 nitrogen and oxygen atoms in total. The highest BCUT2D eigenvalue weighted by molar-refractivity contribution is 5.68. The molecule has 3 rings (SSSR count). The summed E-state index contributed by atoms with van der Waals surface area (Å²) in [7, 11) is 0. The predicted octanol–water partition coefficient (Wildman–Crippen LogP) is 2.88. The summed E-state index contributed by atoms with van der Waals surface area (Å²) in [5, 5.41) is 3.22. The van der Waals surface area contributed by atoms with E-state index in [0.717, 1.165) is 12.8 Å². The lowest BCUT2D eigenvalue weighted by Crippen LogP contribution is -2.47. The fraction of sp³-hybridized carbons (Fsp3) is 0.810. The molecule has 30 heavy (non-hydrogen) atoms. The molecule has 1 aromatic heterocycles. The molecular formula is C21H35N5O4. The molecule has 0 bridgehead atoms. The molecule has 1 aromatic rings. The van der Waals surface area contributed by atoms with Gasteiger partial charge in [0.1, 0.15) is 5.60 Å².